The highest BCUT2D eigenvalue weighted by molar-refractivity contribution is 6.28. The minimum atomic E-state index is -0.277. The fraction of sp³-hybridized carbons (Fsp3) is 0.167. The number of hydrogen-bond donors (Lipinski definition) is 2. The predicted octanol–water partition coefficient (Wildman–Crippen LogP) is 1.54. The molecule has 1 aliphatic rings. The van der Waals surface area contributed by atoms with Crippen LogP contribution in [0.3, 0.4) is 0 Å². The molecule has 2 aromatic rings. The zero-order valence-corrected chi connectivity index (χ0v) is 12.5. The Labute approximate surface area is 133 Å². The summed E-state index contributed by atoms with van der Waals surface area (Å²) in [5, 5.41) is 2.74. The lowest BCUT2D eigenvalue weighted by Crippen LogP contribution is -2.27. The number of nitrogens with two attached hydrogens (primary N) is 1. The minimum absolute atomic E-state index is 0.190. The van der Waals surface area contributed by atoms with Gasteiger partial charge in [0.25, 0.3) is 5.91 Å². The molecule has 0 bridgehead atoms. The van der Waals surface area contributed by atoms with Gasteiger partial charge in [0.2, 0.25) is 0 Å². The van der Waals surface area contributed by atoms with Crippen molar-refractivity contribution in [3.05, 3.63) is 70.3 Å². The van der Waals surface area contributed by atoms with Crippen LogP contribution in [0.4, 0.5) is 0 Å². The van der Waals surface area contributed by atoms with Crippen LogP contribution in [0.2, 0.25) is 0 Å². The normalized spacial score (nSPS) is 12.6. The summed E-state index contributed by atoms with van der Waals surface area (Å²) in [4.78, 5) is 37.2. The van der Waals surface area contributed by atoms with Crippen LogP contribution in [0, 0.1) is 0 Å². The number of benzene rings is 2. The number of hydrogen-bond acceptors (Lipinski definition) is 4. The van der Waals surface area contributed by atoms with Gasteiger partial charge in [-0.25, -0.2) is 0 Å². The molecule has 0 radical (unpaired) electrons. The molecule has 3 rings (SSSR count). The number of rotatable bonds is 4. The van der Waals surface area contributed by atoms with Crippen molar-refractivity contribution in [2.24, 2.45) is 5.73 Å². The fourth-order valence-electron chi connectivity index (χ4n) is 2.65. The van der Waals surface area contributed by atoms with Crippen molar-refractivity contribution < 1.29 is 14.4 Å². The third kappa shape index (κ3) is 2.66. The van der Waals surface area contributed by atoms with Crippen molar-refractivity contribution in [1.29, 1.82) is 0 Å². The predicted molar refractivity (Wildman–Crippen MR) is 85.8 cm³/mol. The van der Waals surface area contributed by atoms with Crippen LogP contribution in [-0.4, -0.2) is 30.6 Å². The molecule has 5 heteroatoms. The van der Waals surface area contributed by atoms with Crippen molar-refractivity contribution in [2.75, 3.05) is 13.1 Å². The zero-order chi connectivity index (χ0) is 16.4. The molecule has 0 unspecified atom stereocenters. The minimum Gasteiger partial charge on any atom is -0.352 e. The molecule has 116 valence electrons. The molecule has 0 fully saturated rings. The highest BCUT2D eigenvalue weighted by Gasteiger charge is 2.29. The van der Waals surface area contributed by atoms with Gasteiger partial charge in [0.1, 0.15) is 0 Å². The molecule has 0 saturated carbocycles. The van der Waals surface area contributed by atoms with E-state index in [9.17, 15) is 14.4 Å². The molecule has 5 nitrogen and oxygen atoms in total. The Morgan fingerprint density at radius 1 is 0.913 bits per heavy atom. The van der Waals surface area contributed by atoms with E-state index < -0.39 is 0 Å². The quantitative estimate of drug-likeness (QED) is 0.715. The molecule has 1 aliphatic carbocycles. The third-order valence-corrected chi connectivity index (χ3v) is 3.85. The summed E-state index contributed by atoms with van der Waals surface area (Å²) < 4.78 is 0. The Kier molecular flexibility index (Phi) is 4.04. The van der Waals surface area contributed by atoms with Gasteiger partial charge in [0, 0.05) is 34.4 Å². The Morgan fingerprint density at radius 2 is 1.52 bits per heavy atom. The number of ketones is 2. The number of carbonyl (C=O) groups excluding carboxylic acids is 3. The molecule has 0 spiro atoms. The van der Waals surface area contributed by atoms with E-state index in [4.69, 9.17) is 5.73 Å². The van der Waals surface area contributed by atoms with E-state index in [1.165, 1.54) is 6.07 Å². The van der Waals surface area contributed by atoms with Crippen molar-refractivity contribution in [3.8, 4) is 0 Å². The first-order valence-corrected chi connectivity index (χ1v) is 7.44. The highest BCUT2D eigenvalue weighted by Crippen LogP contribution is 2.27. The third-order valence-electron chi connectivity index (χ3n) is 3.85. The number of nitrogens with one attached hydrogen (secondary N) is 1. The van der Waals surface area contributed by atoms with Crippen LogP contribution in [0.25, 0.3) is 0 Å². The van der Waals surface area contributed by atoms with Crippen molar-refractivity contribution in [3.63, 3.8) is 0 Å². The van der Waals surface area contributed by atoms with Crippen LogP contribution < -0.4 is 11.1 Å². The Bertz CT molecular complexity index is 812. The highest BCUT2D eigenvalue weighted by atomic mass is 16.2. The summed E-state index contributed by atoms with van der Waals surface area (Å²) in [5.41, 5.74) is 7.16. The lowest BCUT2D eigenvalue weighted by atomic mass is 9.83. The first-order valence-electron chi connectivity index (χ1n) is 7.44. The molecular formula is C18H16N2O3. The Hall–Kier alpha value is -2.79. The van der Waals surface area contributed by atoms with E-state index in [2.05, 4.69) is 5.32 Å². The second-order valence-electron chi connectivity index (χ2n) is 5.36. The van der Waals surface area contributed by atoms with Crippen LogP contribution in [0.15, 0.2) is 42.5 Å². The Balaban J connectivity index is 1.96. The van der Waals surface area contributed by atoms with Gasteiger partial charge in [-0.1, -0.05) is 24.3 Å². The molecule has 0 saturated heterocycles. The Morgan fingerprint density at radius 3 is 2.17 bits per heavy atom. The van der Waals surface area contributed by atoms with Crippen LogP contribution in [0.1, 0.15) is 48.6 Å². The molecule has 0 aliphatic heterocycles. The van der Waals surface area contributed by atoms with Crippen LogP contribution in [0.5, 0.6) is 0 Å². The second-order valence-corrected chi connectivity index (χ2v) is 5.36. The summed E-state index contributed by atoms with van der Waals surface area (Å²) in [6.45, 7) is 0.969. The van der Waals surface area contributed by atoms with Gasteiger partial charge in [-0.05, 0) is 31.2 Å². The summed E-state index contributed by atoms with van der Waals surface area (Å²) in [6.07, 6.45) is 0.682. The maximum atomic E-state index is 12.6. The van der Waals surface area contributed by atoms with E-state index in [1.807, 2.05) is 0 Å². The lowest BCUT2D eigenvalue weighted by molar-refractivity contribution is 0.0951. The standard InChI is InChI=1S/C18H16N2O3/c19-8-3-9-20-18(23)11-6-7-14-15(10-11)17(22)13-5-2-1-4-12(13)16(14)21/h1-2,4-7,10H,3,8-9,19H2,(H,20,23). The molecule has 1 amide bonds. The van der Waals surface area contributed by atoms with E-state index >= 15 is 0 Å². The monoisotopic (exact) mass is 308 g/mol. The maximum absolute atomic E-state index is 12.6. The average Bonchev–Trinajstić information content (AvgIpc) is 2.59. The molecule has 2 aromatic carbocycles. The summed E-state index contributed by atoms with van der Waals surface area (Å²) in [6, 6.07) is 11.3. The SMILES string of the molecule is NCCCNC(=O)c1ccc2c(c1)C(=O)c1ccccc1C2=O. The second kappa shape index (κ2) is 6.14. The van der Waals surface area contributed by atoms with Crippen molar-refractivity contribution in [2.45, 2.75) is 6.42 Å². The van der Waals surface area contributed by atoms with Gasteiger partial charge in [-0.15, -0.1) is 0 Å². The molecule has 23 heavy (non-hydrogen) atoms. The maximum Gasteiger partial charge on any atom is 0.251 e. The lowest BCUT2D eigenvalue weighted by Gasteiger charge is -2.17. The van der Waals surface area contributed by atoms with Gasteiger partial charge in [0.15, 0.2) is 11.6 Å². The summed E-state index contributed by atoms with van der Waals surface area (Å²) in [7, 11) is 0. The molecule has 3 N–H and O–H groups in total. The number of carbonyl (C=O) groups is 3. The number of amides is 1. The van der Waals surface area contributed by atoms with Crippen molar-refractivity contribution in [1.82, 2.24) is 5.32 Å². The topological polar surface area (TPSA) is 89.3 Å². The van der Waals surface area contributed by atoms with Gasteiger partial charge in [0.05, 0.1) is 0 Å². The average molecular weight is 308 g/mol. The smallest absolute Gasteiger partial charge is 0.251 e. The largest absolute Gasteiger partial charge is 0.352 e. The summed E-state index contributed by atoms with van der Waals surface area (Å²) >= 11 is 0. The molecule has 0 heterocycles. The van der Waals surface area contributed by atoms with Gasteiger partial charge < -0.3 is 11.1 Å². The zero-order valence-electron chi connectivity index (χ0n) is 12.5. The number of fused-ring (bicyclic) bond motifs is 2. The van der Waals surface area contributed by atoms with Crippen LogP contribution >= 0.6 is 0 Å². The van der Waals surface area contributed by atoms with Gasteiger partial charge in [-0.3, -0.25) is 14.4 Å². The van der Waals surface area contributed by atoms with E-state index in [0.717, 1.165) is 0 Å². The van der Waals surface area contributed by atoms with E-state index in [1.54, 1.807) is 36.4 Å². The van der Waals surface area contributed by atoms with E-state index in [0.29, 0.717) is 41.8 Å². The van der Waals surface area contributed by atoms with Gasteiger partial charge in [-0.2, -0.15) is 0 Å². The van der Waals surface area contributed by atoms with E-state index in [-0.39, 0.29) is 23.0 Å². The molecular weight excluding hydrogens is 292 g/mol. The first kappa shape index (κ1) is 15.1. The molecule has 0 aromatic heterocycles. The van der Waals surface area contributed by atoms with Gasteiger partial charge >= 0.3 is 0 Å². The fourth-order valence-corrected chi connectivity index (χ4v) is 2.65. The summed E-state index contributed by atoms with van der Waals surface area (Å²) in [5.74, 6) is -0.697. The van der Waals surface area contributed by atoms with Crippen LogP contribution in [-0.2, 0) is 0 Å². The van der Waals surface area contributed by atoms with Crippen molar-refractivity contribution >= 4 is 17.5 Å². The molecule has 0 atom stereocenters. The first-order chi connectivity index (χ1) is 11.1.